The maximum Gasteiger partial charge on any atom is 0.119 e. The zero-order valence-corrected chi connectivity index (χ0v) is 12.7. The van der Waals surface area contributed by atoms with E-state index >= 15 is 0 Å². The Labute approximate surface area is 130 Å². The van der Waals surface area contributed by atoms with E-state index < -0.39 is 12.8 Å². The van der Waals surface area contributed by atoms with E-state index in [2.05, 4.69) is 0 Å². The fourth-order valence-electron chi connectivity index (χ4n) is 2.05. The van der Waals surface area contributed by atoms with Crippen molar-refractivity contribution in [2.24, 2.45) is 0 Å². The molecule has 1 unspecified atom stereocenters. The Balaban J connectivity index is 1.90. The fraction of sp³-hybridized carbons (Fsp3) is 0.333. The van der Waals surface area contributed by atoms with Crippen LogP contribution in [0.3, 0.4) is 0 Å². The van der Waals surface area contributed by atoms with Gasteiger partial charge in [-0.15, -0.1) is 0 Å². The minimum Gasteiger partial charge on any atom is -0.494 e. The first-order chi connectivity index (χ1) is 10.7. The van der Waals surface area contributed by atoms with E-state index in [1.54, 1.807) is 0 Å². The maximum atomic E-state index is 12.1. The second kappa shape index (κ2) is 8.39. The molecule has 0 radical (unpaired) electrons. The van der Waals surface area contributed by atoms with Crippen LogP contribution in [0.5, 0.6) is 11.5 Å². The van der Waals surface area contributed by atoms with Gasteiger partial charge in [0.15, 0.2) is 0 Å². The van der Waals surface area contributed by atoms with Crippen molar-refractivity contribution in [2.45, 2.75) is 19.4 Å². The number of alkyl halides is 1. The molecule has 0 fully saturated rings. The van der Waals surface area contributed by atoms with Gasteiger partial charge in [0.05, 0.1) is 6.61 Å². The van der Waals surface area contributed by atoms with Crippen molar-refractivity contribution in [1.82, 2.24) is 0 Å². The van der Waals surface area contributed by atoms with Crippen molar-refractivity contribution < 1.29 is 19.0 Å². The number of hydrogen-bond donors (Lipinski definition) is 1. The number of ether oxygens (including phenoxy) is 2. The van der Waals surface area contributed by atoms with Crippen LogP contribution < -0.4 is 9.47 Å². The maximum absolute atomic E-state index is 12.1. The minimum atomic E-state index is -1.07. The second-order valence-corrected chi connectivity index (χ2v) is 5.02. The van der Waals surface area contributed by atoms with Gasteiger partial charge < -0.3 is 14.6 Å². The molecule has 0 saturated carbocycles. The predicted molar refractivity (Wildman–Crippen MR) is 84.3 cm³/mol. The average Bonchev–Trinajstić information content (AvgIpc) is 2.56. The van der Waals surface area contributed by atoms with E-state index in [9.17, 15) is 4.39 Å². The highest BCUT2D eigenvalue weighted by molar-refractivity contribution is 5.34. The molecule has 0 amide bonds. The first-order valence-electron chi connectivity index (χ1n) is 7.38. The molecule has 4 heteroatoms. The number of aliphatic hydroxyl groups is 1. The standard InChI is InChI=1S/C18H21FO3/c1-2-21-17-7-3-14(4-8-17)11-15-5-9-18(10-6-15)22-13-16(20)12-19/h3-10,16,20H,2,11-13H2,1H3. The van der Waals surface area contributed by atoms with Gasteiger partial charge in [0.1, 0.15) is 30.9 Å². The van der Waals surface area contributed by atoms with Crippen LogP contribution in [0.4, 0.5) is 4.39 Å². The van der Waals surface area contributed by atoms with Crippen molar-refractivity contribution in [3.8, 4) is 11.5 Å². The molecule has 2 aromatic rings. The molecule has 0 aliphatic heterocycles. The molecule has 22 heavy (non-hydrogen) atoms. The summed E-state index contributed by atoms with van der Waals surface area (Å²) in [6.07, 6.45) is -0.247. The number of aliphatic hydroxyl groups excluding tert-OH is 1. The number of halogens is 1. The van der Waals surface area contributed by atoms with Crippen LogP contribution >= 0.6 is 0 Å². The summed E-state index contributed by atoms with van der Waals surface area (Å²) in [5, 5.41) is 9.12. The first-order valence-corrected chi connectivity index (χ1v) is 7.38. The smallest absolute Gasteiger partial charge is 0.119 e. The van der Waals surface area contributed by atoms with E-state index in [0.717, 1.165) is 17.7 Å². The molecular formula is C18H21FO3. The number of hydrogen-bond acceptors (Lipinski definition) is 3. The molecule has 1 atom stereocenters. The normalized spacial score (nSPS) is 12.0. The van der Waals surface area contributed by atoms with Gasteiger partial charge in [-0.05, 0) is 48.7 Å². The van der Waals surface area contributed by atoms with Gasteiger partial charge >= 0.3 is 0 Å². The molecule has 2 rings (SSSR count). The molecule has 1 N–H and O–H groups in total. The zero-order valence-electron chi connectivity index (χ0n) is 12.7. The van der Waals surface area contributed by atoms with Crippen LogP contribution in [0.2, 0.25) is 0 Å². The first kappa shape index (κ1) is 16.3. The Kier molecular flexibility index (Phi) is 6.22. The highest BCUT2D eigenvalue weighted by atomic mass is 19.1. The van der Waals surface area contributed by atoms with E-state index in [-0.39, 0.29) is 6.61 Å². The van der Waals surface area contributed by atoms with E-state index in [4.69, 9.17) is 14.6 Å². The average molecular weight is 304 g/mol. The minimum absolute atomic E-state index is 0.0330. The Morgan fingerprint density at radius 3 is 1.86 bits per heavy atom. The number of benzene rings is 2. The molecule has 0 aliphatic carbocycles. The largest absolute Gasteiger partial charge is 0.494 e. The molecule has 0 bridgehead atoms. The summed E-state index contributed by atoms with van der Waals surface area (Å²) in [6, 6.07) is 15.6. The summed E-state index contributed by atoms with van der Waals surface area (Å²) < 4.78 is 22.9. The third-order valence-corrected chi connectivity index (χ3v) is 3.19. The Bertz CT molecular complexity index is 552. The lowest BCUT2D eigenvalue weighted by Crippen LogP contribution is -2.19. The molecular weight excluding hydrogens is 283 g/mol. The molecule has 0 heterocycles. The van der Waals surface area contributed by atoms with Gasteiger partial charge in [-0.1, -0.05) is 24.3 Å². The van der Waals surface area contributed by atoms with Crippen LogP contribution in [-0.4, -0.2) is 31.1 Å². The lowest BCUT2D eigenvalue weighted by Gasteiger charge is -2.10. The van der Waals surface area contributed by atoms with Gasteiger partial charge in [-0.3, -0.25) is 0 Å². The summed E-state index contributed by atoms with van der Waals surface area (Å²) >= 11 is 0. The monoisotopic (exact) mass is 304 g/mol. The van der Waals surface area contributed by atoms with Crippen LogP contribution in [0.15, 0.2) is 48.5 Å². The molecule has 3 nitrogen and oxygen atoms in total. The van der Waals surface area contributed by atoms with Gasteiger partial charge in [0, 0.05) is 0 Å². The Morgan fingerprint density at radius 2 is 1.41 bits per heavy atom. The zero-order chi connectivity index (χ0) is 15.8. The lowest BCUT2D eigenvalue weighted by molar-refractivity contribution is 0.0842. The van der Waals surface area contributed by atoms with Crippen LogP contribution in [0.25, 0.3) is 0 Å². The molecule has 118 valence electrons. The molecule has 2 aromatic carbocycles. The van der Waals surface area contributed by atoms with Crippen LogP contribution in [0.1, 0.15) is 18.1 Å². The summed E-state index contributed by atoms with van der Waals surface area (Å²) in [5.41, 5.74) is 2.35. The highest BCUT2D eigenvalue weighted by Gasteiger charge is 2.04. The van der Waals surface area contributed by atoms with E-state index in [0.29, 0.717) is 12.4 Å². The summed E-state index contributed by atoms with van der Waals surface area (Å²) in [4.78, 5) is 0. The van der Waals surface area contributed by atoms with Crippen molar-refractivity contribution in [3.05, 3.63) is 59.7 Å². The third-order valence-electron chi connectivity index (χ3n) is 3.19. The molecule has 0 aromatic heterocycles. The van der Waals surface area contributed by atoms with E-state index in [1.807, 2.05) is 55.5 Å². The summed E-state index contributed by atoms with van der Waals surface area (Å²) in [6.45, 7) is 1.80. The number of rotatable bonds is 8. The Hall–Kier alpha value is -2.07. The second-order valence-electron chi connectivity index (χ2n) is 5.02. The molecule has 0 saturated heterocycles. The van der Waals surface area contributed by atoms with Crippen LogP contribution in [-0.2, 0) is 6.42 Å². The van der Waals surface area contributed by atoms with Gasteiger partial charge in [-0.25, -0.2) is 4.39 Å². The van der Waals surface area contributed by atoms with Gasteiger partial charge in [-0.2, -0.15) is 0 Å². The SMILES string of the molecule is CCOc1ccc(Cc2ccc(OCC(O)CF)cc2)cc1. The summed E-state index contributed by atoms with van der Waals surface area (Å²) in [7, 11) is 0. The van der Waals surface area contributed by atoms with Crippen molar-refractivity contribution >= 4 is 0 Å². The molecule has 0 aliphatic rings. The van der Waals surface area contributed by atoms with Crippen LogP contribution in [0, 0.1) is 0 Å². The van der Waals surface area contributed by atoms with E-state index in [1.165, 1.54) is 5.56 Å². The Morgan fingerprint density at radius 1 is 0.909 bits per heavy atom. The van der Waals surface area contributed by atoms with Gasteiger partial charge in [0.2, 0.25) is 0 Å². The van der Waals surface area contributed by atoms with Gasteiger partial charge in [0.25, 0.3) is 0 Å². The predicted octanol–water partition coefficient (Wildman–Crippen LogP) is 3.39. The quantitative estimate of drug-likeness (QED) is 0.812. The van der Waals surface area contributed by atoms with Crippen molar-refractivity contribution in [1.29, 1.82) is 0 Å². The van der Waals surface area contributed by atoms with Crippen molar-refractivity contribution in [3.63, 3.8) is 0 Å². The fourth-order valence-corrected chi connectivity index (χ4v) is 2.05. The third kappa shape index (κ3) is 5.04. The molecule has 0 spiro atoms. The lowest BCUT2D eigenvalue weighted by atomic mass is 10.0. The topological polar surface area (TPSA) is 38.7 Å². The highest BCUT2D eigenvalue weighted by Crippen LogP contribution is 2.18. The summed E-state index contributed by atoms with van der Waals surface area (Å²) in [5.74, 6) is 1.50. The van der Waals surface area contributed by atoms with Crippen molar-refractivity contribution in [2.75, 3.05) is 19.9 Å².